The second-order valence-electron chi connectivity index (χ2n) is 5.97. The number of hydrogen-bond donors (Lipinski definition) is 1. The molecule has 0 radical (unpaired) electrons. The van der Waals surface area contributed by atoms with Gasteiger partial charge in [0.15, 0.2) is 0 Å². The lowest BCUT2D eigenvalue weighted by Crippen LogP contribution is -2.17. The van der Waals surface area contributed by atoms with E-state index in [0.29, 0.717) is 11.7 Å². The lowest BCUT2D eigenvalue weighted by Gasteiger charge is -2.18. The van der Waals surface area contributed by atoms with Gasteiger partial charge in [0.05, 0.1) is 12.2 Å². The Hall–Kier alpha value is -1.68. The fourth-order valence-electron chi connectivity index (χ4n) is 1.97. The third-order valence-corrected chi connectivity index (χ3v) is 3.36. The van der Waals surface area contributed by atoms with Crippen molar-refractivity contribution in [2.75, 3.05) is 5.32 Å². The lowest BCUT2D eigenvalue weighted by molar-refractivity contribution is 0.546. The maximum absolute atomic E-state index is 6.09. The van der Waals surface area contributed by atoms with Gasteiger partial charge in [-0.3, -0.25) is 4.98 Å². The molecule has 2 heterocycles. The van der Waals surface area contributed by atoms with Crippen LogP contribution in [0.15, 0.2) is 24.4 Å². The van der Waals surface area contributed by atoms with Crippen LogP contribution in [0.25, 0.3) is 0 Å². The number of anilines is 1. The Bertz CT molecular complexity index is 620. The molecule has 0 atom stereocenters. The van der Waals surface area contributed by atoms with Gasteiger partial charge in [-0.15, -0.1) is 0 Å². The monoisotopic (exact) mass is 304 g/mol. The Balaban J connectivity index is 2.19. The summed E-state index contributed by atoms with van der Waals surface area (Å²) in [6, 6.07) is 5.80. The van der Waals surface area contributed by atoms with Crippen LogP contribution in [0.5, 0.6) is 0 Å². The SMILES string of the molecule is CCc1cccnc1CNc1cc(Cl)nc(C(C)(C)C)n1. The van der Waals surface area contributed by atoms with Crippen LogP contribution in [0.1, 0.15) is 44.8 Å². The van der Waals surface area contributed by atoms with Gasteiger partial charge in [0.1, 0.15) is 16.8 Å². The highest BCUT2D eigenvalue weighted by Gasteiger charge is 2.18. The normalized spacial score (nSPS) is 11.5. The quantitative estimate of drug-likeness (QED) is 0.868. The predicted molar refractivity (Wildman–Crippen MR) is 86.7 cm³/mol. The first-order valence-electron chi connectivity index (χ1n) is 7.12. The summed E-state index contributed by atoms with van der Waals surface area (Å²) in [5, 5.41) is 3.74. The van der Waals surface area contributed by atoms with Crippen LogP contribution in [0.4, 0.5) is 5.82 Å². The molecule has 0 bridgehead atoms. The average molecular weight is 305 g/mol. The van der Waals surface area contributed by atoms with Crippen LogP contribution in [-0.4, -0.2) is 15.0 Å². The van der Waals surface area contributed by atoms with E-state index in [9.17, 15) is 0 Å². The number of rotatable bonds is 4. The van der Waals surface area contributed by atoms with Crippen LogP contribution >= 0.6 is 11.6 Å². The summed E-state index contributed by atoms with van der Waals surface area (Å²) in [5.41, 5.74) is 2.13. The maximum Gasteiger partial charge on any atom is 0.137 e. The molecule has 2 aromatic rings. The molecule has 0 saturated carbocycles. The van der Waals surface area contributed by atoms with E-state index in [2.05, 4.69) is 54.0 Å². The summed E-state index contributed by atoms with van der Waals surface area (Å²) >= 11 is 6.09. The van der Waals surface area contributed by atoms with E-state index in [0.717, 1.165) is 23.8 Å². The van der Waals surface area contributed by atoms with Crippen LogP contribution in [0.2, 0.25) is 5.15 Å². The van der Waals surface area contributed by atoms with E-state index in [-0.39, 0.29) is 5.41 Å². The molecule has 0 aromatic carbocycles. The standard InChI is InChI=1S/C16H21ClN4/c1-5-11-7-6-8-18-12(11)10-19-14-9-13(17)20-15(21-14)16(2,3)4/h6-9H,5,10H2,1-4H3,(H,19,20,21). The van der Waals surface area contributed by atoms with Gasteiger partial charge < -0.3 is 5.32 Å². The summed E-state index contributed by atoms with van der Waals surface area (Å²) < 4.78 is 0. The van der Waals surface area contributed by atoms with Gasteiger partial charge in [-0.1, -0.05) is 45.4 Å². The number of halogens is 1. The van der Waals surface area contributed by atoms with Gasteiger partial charge in [0, 0.05) is 17.7 Å². The van der Waals surface area contributed by atoms with E-state index < -0.39 is 0 Å². The molecule has 2 aromatic heterocycles. The molecule has 0 aliphatic carbocycles. The van der Waals surface area contributed by atoms with Gasteiger partial charge in [-0.05, 0) is 18.1 Å². The summed E-state index contributed by atoms with van der Waals surface area (Å²) in [6.07, 6.45) is 2.77. The van der Waals surface area contributed by atoms with Crippen molar-refractivity contribution in [3.63, 3.8) is 0 Å². The zero-order chi connectivity index (χ0) is 15.5. The summed E-state index contributed by atoms with van der Waals surface area (Å²) in [6.45, 7) is 8.95. The van der Waals surface area contributed by atoms with Gasteiger partial charge in [-0.25, -0.2) is 9.97 Å². The third-order valence-electron chi connectivity index (χ3n) is 3.17. The van der Waals surface area contributed by atoms with Crippen molar-refractivity contribution >= 4 is 17.4 Å². The molecule has 0 saturated heterocycles. The van der Waals surface area contributed by atoms with Crippen molar-refractivity contribution in [1.29, 1.82) is 0 Å². The third kappa shape index (κ3) is 4.14. The minimum Gasteiger partial charge on any atom is -0.364 e. The molecule has 0 amide bonds. The largest absolute Gasteiger partial charge is 0.364 e. The Morgan fingerprint density at radius 3 is 2.67 bits per heavy atom. The number of nitrogens with one attached hydrogen (secondary N) is 1. The lowest BCUT2D eigenvalue weighted by atomic mass is 9.96. The van der Waals surface area contributed by atoms with Gasteiger partial charge >= 0.3 is 0 Å². The Kier molecular flexibility index (Phi) is 4.78. The van der Waals surface area contributed by atoms with Crippen molar-refractivity contribution in [2.45, 2.75) is 46.1 Å². The molecular weight excluding hydrogens is 284 g/mol. The molecule has 21 heavy (non-hydrogen) atoms. The molecule has 4 nitrogen and oxygen atoms in total. The van der Waals surface area contributed by atoms with E-state index in [1.807, 2.05) is 12.3 Å². The zero-order valence-electron chi connectivity index (χ0n) is 12.9. The molecule has 0 spiro atoms. The number of aromatic nitrogens is 3. The van der Waals surface area contributed by atoms with E-state index in [1.54, 1.807) is 6.07 Å². The summed E-state index contributed by atoms with van der Waals surface area (Å²) in [4.78, 5) is 13.3. The minimum atomic E-state index is -0.138. The Labute approximate surface area is 131 Å². The fourth-order valence-corrected chi connectivity index (χ4v) is 2.15. The van der Waals surface area contributed by atoms with Crippen molar-refractivity contribution < 1.29 is 0 Å². The zero-order valence-corrected chi connectivity index (χ0v) is 13.7. The molecule has 0 aliphatic rings. The Morgan fingerprint density at radius 2 is 2.00 bits per heavy atom. The predicted octanol–water partition coefficient (Wildman–Crippen LogP) is 4.00. The number of hydrogen-bond acceptors (Lipinski definition) is 4. The average Bonchev–Trinajstić information content (AvgIpc) is 2.44. The van der Waals surface area contributed by atoms with Crippen molar-refractivity contribution in [1.82, 2.24) is 15.0 Å². The summed E-state index contributed by atoms with van der Waals surface area (Å²) in [7, 11) is 0. The first kappa shape index (κ1) is 15.7. The Morgan fingerprint density at radius 1 is 1.24 bits per heavy atom. The summed E-state index contributed by atoms with van der Waals surface area (Å²) in [5.74, 6) is 1.46. The van der Waals surface area contributed by atoms with Gasteiger partial charge in [0.25, 0.3) is 0 Å². The highest BCUT2D eigenvalue weighted by molar-refractivity contribution is 6.29. The topological polar surface area (TPSA) is 50.7 Å². The van der Waals surface area contributed by atoms with E-state index >= 15 is 0 Å². The molecule has 112 valence electrons. The molecule has 1 N–H and O–H groups in total. The van der Waals surface area contributed by atoms with Crippen LogP contribution in [-0.2, 0) is 18.4 Å². The van der Waals surface area contributed by atoms with Crippen LogP contribution in [0.3, 0.4) is 0 Å². The molecular formula is C16H21ClN4. The second-order valence-corrected chi connectivity index (χ2v) is 6.35. The van der Waals surface area contributed by atoms with E-state index in [4.69, 9.17) is 11.6 Å². The molecule has 0 fully saturated rings. The van der Waals surface area contributed by atoms with Gasteiger partial charge in [0.2, 0.25) is 0 Å². The van der Waals surface area contributed by atoms with Crippen LogP contribution < -0.4 is 5.32 Å². The van der Waals surface area contributed by atoms with Crippen molar-refractivity contribution in [2.24, 2.45) is 0 Å². The second kappa shape index (κ2) is 6.39. The van der Waals surface area contributed by atoms with Crippen molar-refractivity contribution in [3.05, 3.63) is 46.6 Å². The molecule has 2 rings (SSSR count). The highest BCUT2D eigenvalue weighted by atomic mass is 35.5. The van der Waals surface area contributed by atoms with Gasteiger partial charge in [-0.2, -0.15) is 0 Å². The number of pyridine rings is 1. The molecule has 0 unspecified atom stereocenters. The first-order chi connectivity index (χ1) is 9.90. The van der Waals surface area contributed by atoms with Crippen LogP contribution in [0, 0.1) is 0 Å². The maximum atomic E-state index is 6.09. The smallest absolute Gasteiger partial charge is 0.137 e. The molecule has 0 aliphatic heterocycles. The number of nitrogens with zero attached hydrogens (tertiary/aromatic N) is 3. The van der Waals surface area contributed by atoms with E-state index in [1.165, 1.54) is 5.56 Å². The highest BCUT2D eigenvalue weighted by Crippen LogP contribution is 2.22. The molecule has 5 heteroatoms. The number of aryl methyl sites for hydroxylation is 1. The fraction of sp³-hybridized carbons (Fsp3) is 0.438. The van der Waals surface area contributed by atoms with Crippen molar-refractivity contribution in [3.8, 4) is 0 Å². The first-order valence-corrected chi connectivity index (χ1v) is 7.49. The minimum absolute atomic E-state index is 0.138.